The van der Waals surface area contributed by atoms with E-state index in [0.29, 0.717) is 0 Å². The fourth-order valence-electron chi connectivity index (χ4n) is 1.87. The fourth-order valence-corrected chi connectivity index (χ4v) is 1.87. The lowest BCUT2D eigenvalue weighted by Crippen LogP contribution is -2.41. The third-order valence-electron chi connectivity index (χ3n) is 3.99. The van der Waals surface area contributed by atoms with Crippen LogP contribution in [0, 0.1) is 17.3 Å². The summed E-state index contributed by atoms with van der Waals surface area (Å²) < 4.78 is 0. The highest BCUT2D eigenvalue weighted by Crippen LogP contribution is 2.54. The Bertz CT molecular complexity index is 303. The molecule has 1 saturated carbocycles. The molecule has 4 unspecified atom stereocenters. The molecule has 1 fully saturated rings. The van der Waals surface area contributed by atoms with Crippen molar-refractivity contribution in [3.8, 4) is 0 Å². The van der Waals surface area contributed by atoms with Crippen molar-refractivity contribution in [2.75, 3.05) is 0 Å². The first kappa shape index (κ1) is 13.0. The van der Waals surface area contributed by atoms with E-state index >= 15 is 0 Å². The largest absolute Gasteiger partial charge is 0.481 e. The van der Waals surface area contributed by atoms with Crippen LogP contribution in [0.4, 0.5) is 0 Å². The van der Waals surface area contributed by atoms with Crippen molar-refractivity contribution in [2.24, 2.45) is 17.3 Å². The summed E-state index contributed by atoms with van der Waals surface area (Å²) in [7, 11) is 0. The number of hydrogen-bond acceptors (Lipinski definition) is 2. The summed E-state index contributed by atoms with van der Waals surface area (Å²) in [6.07, 6.45) is 1.91. The van der Waals surface area contributed by atoms with Gasteiger partial charge in [-0.3, -0.25) is 9.59 Å². The Kier molecular flexibility index (Phi) is 3.61. The van der Waals surface area contributed by atoms with Gasteiger partial charge in [-0.05, 0) is 32.1 Å². The van der Waals surface area contributed by atoms with Crippen LogP contribution >= 0.6 is 0 Å². The topological polar surface area (TPSA) is 66.4 Å². The molecule has 4 atom stereocenters. The minimum absolute atomic E-state index is 0.00458. The monoisotopic (exact) mass is 227 g/mol. The molecular formula is C12H21NO3. The van der Waals surface area contributed by atoms with E-state index in [1.165, 1.54) is 0 Å². The second kappa shape index (κ2) is 4.44. The molecule has 1 rings (SSSR count). The van der Waals surface area contributed by atoms with Gasteiger partial charge in [0.25, 0.3) is 0 Å². The zero-order valence-electron chi connectivity index (χ0n) is 10.4. The molecule has 1 aliphatic carbocycles. The normalized spacial score (nSPS) is 31.6. The van der Waals surface area contributed by atoms with E-state index in [9.17, 15) is 9.59 Å². The lowest BCUT2D eigenvalue weighted by Gasteiger charge is -2.18. The third kappa shape index (κ3) is 2.54. The van der Waals surface area contributed by atoms with Crippen LogP contribution in [0.15, 0.2) is 0 Å². The molecule has 0 aromatic heterocycles. The zero-order valence-corrected chi connectivity index (χ0v) is 10.4. The van der Waals surface area contributed by atoms with Crippen LogP contribution in [0.25, 0.3) is 0 Å². The van der Waals surface area contributed by atoms with E-state index in [1.807, 2.05) is 0 Å². The molecule has 0 aliphatic heterocycles. The number of rotatable bonds is 5. The van der Waals surface area contributed by atoms with Gasteiger partial charge in [0.15, 0.2) is 0 Å². The SMILES string of the molecule is CCC1(C)CC1C(=O)NC(C)C(C)C(=O)O. The van der Waals surface area contributed by atoms with Crippen molar-refractivity contribution in [1.82, 2.24) is 5.32 Å². The highest BCUT2D eigenvalue weighted by Gasteiger charge is 2.53. The van der Waals surface area contributed by atoms with Gasteiger partial charge in [-0.15, -0.1) is 0 Å². The van der Waals surface area contributed by atoms with Crippen LogP contribution in [0.1, 0.15) is 40.5 Å². The molecule has 4 nitrogen and oxygen atoms in total. The molecule has 4 heteroatoms. The van der Waals surface area contributed by atoms with Crippen LogP contribution in [0.5, 0.6) is 0 Å². The van der Waals surface area contributed by atoms with E-state index in [0.717, 1.165) is 12.8 Å². The molecule has 0 radical (unpaired) electrons. The molecule has 0 heterocycles. The number of nitrogens with one attached hydrogen (secondary N) is 1. The Morgan fingerprint density at radius 2 is 2.06 bits per heavy atom. The van der Waals surface area contributed by atoms with Gasteiger partial charge in [0.1, 0.15) is 0 Å². The molecule has 0 saturated heterocycles. The fraction of sp³-hybridized carbons (Fsp3) is 0.833. The van der Waals surface area contributed by atoms with Gasteiger partial charge in [0.2, 0.25) is 5.91 Å². The van der Waals surface area contributed by atoms with E-state index in [1.54, 1.807) is 13.8 Å². The average Bonchev–Trinajstić information content (AvgIpc) is 2.90. The van der Waals surface area contributed by atoms with Crippen molar-refractivity contribution in [2.45, 2.75) is 46.6 Å². The number of carbonyl (C=O) groups excluding carboxylic acids is 1. The number of amides is 1. The smallest absolute Gasteiger partial charge is 0.308 e. The summed E-state index contributed by atoms with van der Waals surface area (Å²) in [5, 5.41) is 11.6. The summed E-state index contributed by atoms with van der Waals surface area (Å²) >= 11 is 0. The maximum absolute atomic E-state index is 11.8. The number of carboxylic acid groups (broad SMARTS) is 1. The maximum atomic E-state index is 11.8. The lowest BCUT2D eigenvalue weighted by molar-refractivity contribution is -0.142. The minimum Gasteiger partial charge on any atom is -0.481 e. The molecule has 92 valence electrons. The second-order valence-electron chi connectivity index (χ2n) is 5.19. The molecule has 1 amide bonds. The molecule has 0 aromatic rings. The lowest BCUT2D eigenvalue weighted by atomic mass is 10.0. The third-order valence-corrected chi connectivity index (χ3v) is 3.99. The van der Waals surface area contributed by atoms with Crippen LogP contribution in [0.3, 0.4) is 0 Å². The molecule has 0 bridgehead atoms. The maximum Gasteiger partial charge on any atom is 0.308 e. The summed E-state index contributed by atoms with van der Waals surface area (Å²) in [6.45, 7) is 7.53. The highest BCUT2D eigenvalue weighted by atomic mass is 16.4. The van der Waals surface area contributed by atoms with Crippen molar-refractivity contribution >= 4 is 11.9 Å². The number of hydrogen-bond donors (Lipinski definition) is 2. The summed E-state index contributed by atoms with van der Waals surface area (Å²) in [5.74, 6) is -1.34. The molecule has 0 spiro atoms. The first-order valence-corrected chi connectivity index (χ1v) is 5.85. The van der Waals surface area contributed by atoms with Gasteiger partial charge in [-0.25, -0.2) is 0 Å². The summed E-state index contributed by atoms with van der Waals surface area (Å²) in [4.78, 5) is 22.6. The molecule has 16 heavy (non-hydrogen) atoms. The van der Waals surface area contributed by atoms with Crippen molar-refractivity contribution in [3.63, 3.8) is 0 Å². The molecular weight excluding hydrogens is 206 g/mol. The summed E-state index contributed by atoms with van der Waals surface area (Å²) in [5.41, 5.74) is 0.135. The standard InChI is InChI=1S/C12H21NO3/c1-5-12(4)6-9(12)10(14)13-8(3)7(2)11(15)16/h7-9H,5-6H2,1-4H3,(H,13,14)(H,15,16). The van der Waals surface area contributed by atoms with Gasteiger partial charge in [0.05, 0.1) is 5.92 Å². The Morgan fingerprint density at radius 1 is 1.50 bits per heavy atom. The molecule has 2 N–H and O–H groups in total. The summed E-state index contributed by atoms with van der Waals surface area (Å²) in [6, 6.07) is -0.313. The second-order valence-corrected chi connectivity index (χ2v) is 5.19. The van der Waals surface area contributed by atoms with Gasteiger partial charge in [-0.1, -0.05) is 13.8 Å². The Hall–Kier alpha value is -1.06. The van der Waals surface area contributed by atoms with Crippen LogP contribution in [0.2, 0.25) is 0 Å². The quantitative estimate of drug-likeness (QED) is 0.750. The predicted octanol–water partition coefficient (Wildman–Crippen LogP) is 1.65. The van der Waals surface area contributed by atoms with E-state index in [-0.39, 0.29) is 23.3 Å². The number of carboxylic acids is 1. The first-order valence-electron chi connectivity index (χ1n) is 5.85. The average molecular weight is 227 g/mol. The van der Waals surface area contributed by atoms with E-state index in [2.05, 4.69) is 19.2 Å². The van der Waals surface area contributed by atoms with Crippen molar-refractivity contribution in [1.29, 1.82) is 0 Å². The number of aliphatic carboxylic acids is 1. The van der Waals surface area contributed by atoms with E-state index in [4.69, 9.17) is 5.11 Å². The Balaban J connectivity index is 2.45. The molecule has 0 aromatic carbocycles. The Morgan fingerprint density at radius 3 is 2.44 bits per heavy atom. The number of carbonyl (C=O) groups is 2. The Labute approximate surface area is 96.4 Å². The predicted molar refractivity (Wildman–Crippen MR) is 60.9 cm³/mol. The highest BCUT2D eigenvalue weighted by molar-refractivity contribution is 5.83. The van der Waals surface area contributed by atoms with Gasteiger partial charge in [-0.2, -0.15) is 0 Å². The zero-order chi connectivity index (χ0) is 12.5. The van der Waals surface area contributed by atoms with Crippen molar-refractivity contribution in [3.05, 3.63) is 0 Å². The van der Waals surface area contributed by atoms with Gasteiger partial charge in [0, 0.05) is 12.0 Å². The van der Waals surface area contributed by atoms with Gasteiger partial charge < -0.3 is 10.4 Å². The minimum atomic E-state index is -0.873. The van der Waals surface area contributed by atoms with Gasteiger partial charge >= 0.3 is 5.97 Å². The van der Waals surface area contributed by atoms with Crippen LogP contribution < -0.4 is 5.32 Å². The van der Waals surface area contributed by atoms with E-state index < -0.39 is 11.9 Å². The first-order chi connectivity index (χ1) is 7.31. The molecule has 1 aliphatic rings. The van der Waals surface area contributed by atoms with Crippen molar-refractivity contribution < 1.29 is 14.7 Å². The van der Waals surface area contributed by atoms with Crippen LogP contribution in [-0.2, 0) is 9.59 Å². The van der Waals surface area contributed by atoms with Crippen LogP contribution in [-0.4, -0.2) is 23.0 Å².